The molecule has 0 saturated carbocycles. The van der Waals surface area contributed by atoms with E-state index in [9.17, 15) is 14.7 Å². The fraction of sp³-hybridized carbons (Fsp3) is 0.143. The molecule has 2 atom stereocenters. The molecular weight excluding hydrogens is 437 g/mol. The SMILES string of the molecule is O=C(O)C[C@H]1O[C@H](C(=O)c2cccc(Cl)c2Cl)c2cc(Cl)ccc2-n2cccc21. The van der Waals surface area contributed by atoms with Gasteiger partial charge in [-0.05, 0) is 42.5 Å². The number of hydrogen-bond donors (Lipinski definition) is 1. The first kappa shape index (κ1) is 20.0. The largest absolute Gasteiger partial charge is 0.481 e. The molecule has 0 radical (unpaired) electrons. The van der Waals surface area contributed by atoms with Crippen LogP contribution >= 0.6 is 34.8 Å². The second-order valence-electron chi connectivity index (χ2n) is 6.57. The lowest BCUT2D eigenvalue weighted by Crippen LogP contribution is -2.20. The van der Waals surface area contributed by atoms with Crippen molar-refractivity contribution >= 4 is 46.6 Å². The Morgan fingerprint density at radius 2 is 1.86 bits per heavy atom. The van der Waals surface area contributed by atoms with Crippen molar-refractivity contribution in [1.29, 1.82) is 0 Å². The summed E-state index contributed by atoms with van der Waals surface area (Å²) in [6.45, 7) is 0. The molecule has 1 aliphatic rings. The average molecular weight is 451 g/mol. The van der Waals surface area contributed by atoms with Crippen molar-refractivity contribution < 1.29 is 19.4 Å². The van der Waals surface area contributed by atoms with Crippen LogP contribution < -0.4 is 0 Å². The van der Waals surface area contributed by atoms with E-state index in [1.807, 2.05) is 4.57 Å². The van der Waals surface area contributed by atoms with Crippen molar-refractivity contribution in [2.75, 3.05) is 0 Å². The minimum Gasteiger partial charge on any atom is -0.481 e. The van der Waals surface area contributed by atoms with Crippen LogP contribution in [0.4, 0.5) is 0 Å². The molecule has 5 nitrogen and oxygen atoms in total. The number of rotatable bonds is 4. The Balaban J connectivity index is 1.90. The van der Waals surface area contributed by atoms with Crippen molar-refractivity contribution in [3.05, 3.63) is 86.6 Å². The van der Waals surface area contributed by atoms with E-state index < -0.39 is 24.0 Å². The Morgan fingerprint density at radius 1 is 1.07 bits per heavy atom. The maximum Gasteiger partial charge on any atom is 0.306 e. The van der Waals surface area contributed by atoms with Crippen LogP contribution in [-0.2, 0) is 9.53 Å². The minimum atomic E-state index is -1.11. The summed E-state index contributed by atoms with van der Waals surface area (Å²) in [5, 5.41) is 10.2. The molecule has 1 N–H and O–H groups in total. The van der Waals surface area contributed by atoms with Gasteiger partial charge in [-0.1, -0.05) is 40.9 Å². The van der Waals surface area contributed by atoms with Gasteiger partial charge in [0.2, 0.25) is 0 Å². The molecule has 2 aromatic carbocycles. The molecule has 0 fully saturated rings. The zero-order chi connectivity index (χ0) is 20.7. The highest BCUT2D eigenvalue weighted by Gasteiger charge is 2.35. The first-order chi connectivity index (χ1) is 13.9. The summed E-state index contributed by atoms with van der Waals surface area (Å²) in [7, 11) is 0. The van der Waals surface area contributed by atoms with Gasteiger partial charge in [0.25, 0.3) is 0 Å². The molecule has 0 amide bonds. The van der Waals surface area contributed by atoms with Crippen molar-refractivity contribution in [2.45, 2.75) is 18.6 Å². The molecule has 1 aromatic heterocycles. The number of Topliss-reactive ketones (excluding diaryl/α,β-unsaturated/α-hetero) is 1. The van der Waals surface area contributed by atoms with Crippen LogP contribution in [0.15, 0.2) is 54.7 Å². The number of carboxylic acid groups (broad SMARTS) is 1. The Hall–Kier alpha value is -2.31. The third-order valence-corrected chi connectivity index (χ3v) is 5.81. The van der Waals surface area contributed by atoms with Gasteiger partial charge in [-0.2, -0.15) is 0 Å². The van der Waals surface area contributed by atoms with Gasteiger partial charge in [0.05, 0.1) is 27.8 Å². The second-order valence-corrected chi connectivity index (χ2v) is 7.80. The van der Waals surface area contributed by atoms with Crippen molar-refractivity contribution in [3.63, 3.8) is 0 Å². The number of carbonyl (C=O) groups is 2. The number of ether oxygens (including phenoxy) is 1. The smallest absolute Gasteiger partial charge is 0.306 e. The van der Waals surface area contributed by atoms with Gasteiger partial charge in [0.15, 0.2) is 5.78 Å². The number of nitrogens with zero attached hydrogens (tertiary/aromatic N) is 1. The van der Waals surface area contributed by atoms with E-state index in [1.165, 1.54) is 0 Å². The number of halogens is 3. The second kappa shape index (κ2) is 7.84. The zero-order valence-corrected chi connectivity index (χ0v) is 17.1. The third kappa shape index (κ3) is 3.67. The number of hydrogen-bond acceptors (Lipinski definition) is 3. The third-order valence-electron chi connectivity index (χ3n) is 4.76. The predicted octanol–water partition coefficient (Wildman–Crippen LogP) is 5.91. The summed E-state index contributed by atoms with van der Waals surface area (Å²) < 4.78 is 7.90. The number of carboxylic acids is 1. The number of ketones is 1. The molecule has 29 heavy (non-hydrogen) atoms. The molecule has 148 valence electrons. The van der Waals surface area contributed by atoms with E-state index >= 15 is 0 Å². The molecule has 1 aliphatic heterocycles. The van der Waals surface area contributed by atoms with Crippen LogP contribution in [0.25, 0.3) is 5.69 Å². The summed E-state index contributed by atoms with van der Waals surface area (Å²) in [5.41, 5.74) is 2.02. The Morgan fingerprint density at radius 3 is 2.62 bits per heavy atom. The van der Waals surface area contributed by atoms with Crippen molar-refractivity contribution in [2.24, 2.45) is 0 Å². The molecule has 4 rings (SSSR count). The average Bonchev–Trinajstić information content (AvgIpc) is 3.12. The van der Waals surface area contributed by atoms with Crippen molar-refractivity contribution in [3.8, 4) is 5.69 Å². The van der Waals surface area contributed by atoms with E-state index in [1.54, 1.807) is 54.7 Å². The Kier molecular flexibility index (Phi) is 5.40. The number of carbonyl (C=O) groups excluding carboxylic acids is 1. The highest BCUT2D eigenvalue weighted by atomic mass is 35.5. The van der Waals surface area contributed by atoms with Gasteiger partial charge in [-0.25, -0.2) is 0 Å². The van der Waals surface area contributed by atoms with Gasteiger partial charge in [-0.3, -0.25) is 9.59 Å². The molecule has 0 bridgehead atoms. The molecule has 3 aromatic rings. The summed E-state index contributed by atoms with van der Waals surface area (Å²) in [6, 6.07) is 13.4. The quantitative estimate of drug-likeness (QED) is 0.502. The van der Waals surface area contributed by atoms with E-state index in [0.29, 0.717) is 22.0 Å². The van der Waals surface area contributed by atoms with E-state index in [0.717, 1.165) is 0 Å². The first-order valence-corrected chi connectivity index (χ1v) is 9.82. The summed E-state index contributed by atoms with van der Waals surface area (Å²) in [6.07, 6.45) is -0.470. The number of benzene rings is 2. The van der Waals surface area contributed by atoms with Gasteiger partial charge < -0.3 is 14.4 Å². The molecule has 0 unspecified atom stereocenters. The van der Waals surface area contributed by atoms with Crippen LogP contribution in [-0.4, -0.2) is 21.4 Å². The molecular formula is C21H14Cl3NO4. The number of aromatic nitrogens is 1. The van der Waals surface area contributed by atoms with Crippen LogP contribution in [0.3, 0.4) is 0 Å². The minimum absolute atomic E-state index is 0.116. The summed E-state index contributed by atoms with van der Waals surface area (Å²) in [4.78, 5) is 24.9. The molecule has 2 heterocycles. The van der Waals surface area contributed by atoms with Crippen LogP contribution in [0.1, 0.15) is 40.2 Å². The predicted molar refractivity (Wildman–Crippen MR) is 110 cm³/mol. The molecule has 0 spiro atoms. The lowest BCUT2D eigenvalue weighted by Gasteiger charge is -2.21. The number of fused-ring (bicyclic) bond motifs is 3. The van der Waals surface area contributed by atoms with Crippen LogP contribution in [0, 0.1) is 0 Å². The Bertz CT molecular complexity index is 1120. The van der Waals surface area contributed by atoms with E-state index in [-0.39, 0.29) is 22.0 Å². The van der Waals surface area contributed by atoms with Gasteiger partial charge in [0.1, 0.15) is 12.2 Å². The monoisotopic (exact) mass is 449 g/mol. The fourth-order valence-corrected chi connectivity index (χ4v) is 4.06. The molecule has 0 saturated heterocycles. The van der Waals surface area contributed by atoms with Crippen molar-refractivity contribution in [1.82, 2.24) is 4.57 Å². The zero-order valence-electron chi connectivity index (χ0n) is 14.8. The maximum absolute atomic E-state index is 13.4. The fourth-order valence-electron chi connectivity index (χ4n) is 3.49. The Labute approximate surface area is 181 Å². The lowest BCUT2D eigenvalue weighted by molar-refractivity contribution is -0.141. The van der Waals surface area contributed by atoms with Crippen LogP contribution in [0.2, 0.25) is 15.1 Å². The van der Waals surface area contributed by atoms with Gasteiger partial charge >= 0.3 is 5.97 Å². The lowest BCUT2D eigenvalue weighted by atomic mass is 9.98. The molecule has 8 heteroatoms. The normalized spacial score (nSPS) is 17.9. The van der Waals surface area contributed by atoms with Crippen LogP contribution in [0.5, 0.6) is 0 Å². The standard InChI is InChI=1S/C21H14Cl3NO4/c22-11-6-7-15-13(9-11)21(20(28)12-3-1-4-14(23)19(12)24)29-17(10-18(26)27)16-5-2-8-25(15)16/h1-9,17,21H,10H2,(H,26,27)/t17-,21+/m1/s1. The summed E-state index contributed by atoms with van der Waals surface area (Å²) in [5.74, 6) is -1.47. The maximum atomic E-state index is 13.4. The number of aliphatic carboxylic acids is 1. The van der Waals surface area contributed by atoms with E-state index in [4.69, 9.17) is 39.5 Å². The molecule has 0 aliphatic carbocycles. The van der Waals surface area contributed by atoms with Gasteiger partial charge in [-0.15, -0.1) is 0 Å². The first-order valence-electron chi connectivity index (χ1n) is 8.69. The van der Waals surface area contributed by atoms with E-state index in [2.05, 4.69) is 0 Å². The van der Waals surface area contributed by atoms with Gasteiger partial charge in [0, 0.05) is 22.3 Å². The summed E-state index contributed by atoms with van der Waals surface area (Å²) >= 11 is 18.5. The topological polar surface area (TPSA) is 68.5 Å². The highest BCUT2D eigenvalue weighted by molar-refractivity contribution is 6.44. The highest BCUT2D eigenvalue weighted by Crippen LogP contribution is 2.41.